The van der Waals surface area contributed by atoms with E-state index in [2.05, 4.69) is 24.9 Å². The number of rotatable bonds is 6. The summed E-state index contributed by atoms with van der Waals surface area (Å²) in [4.78, 5) is 2.29. The molecule has 0 amide bonds. The molecule has 1 aromatic carbocycles. The van der Waals surface area contributed by atoms with Crippen molar-refractivity contribution in [3.8, 4) is 11.5 Å². The van der Waals surface area contributed by atoms with Gasteiger partial charge >= 0.3 is 0 Å². The molecule has 20 heavy (non-hydrogen) atoms. The molecule has 1 aliphatic heterocycles. The lowest BCUT2D eigenvalue weighted by Crippen LogP contribution is -2.21. The Balaban J connectivity index is 2.17. The zero-order valence-electron chi connectivity index (χ0n) is 12.8. The van der Waals surface area contributed by atoms with Gasteiger partial charge in [-0.15, -0.1) is 0 Å². The first-order valence-corrected chi connectivity index (χ1v) is 7.37. The van der Waals surface area contributed by atoms with Crippen molar-refractivity contribution in [2.75, 3.05) is 33.8 Å². The lowest BCUT2D eigenvalue weighted by Gasteiger charge is -2.20. The number of likely N-dealkylation sites (tertiary alicyclic amines) is 1. The predicted molar refractivity (Wildman–Crippen MR) is 81.6 cm³/mol. The zero-order chi connectivity index (χ0) is 14.5. The summed E-state index contributed by atoms with van der Waals surface area (Å²) in [6.45, 7) is 4.93. The van der Waals surface area contributed by atoms with Gasteiger partial charge in [0.2, 0.25) is 0 Å². The summed E-state index contributed by atoms with van der Waals surface area (Å²) in [6.07, 6.45) is 2.28. The van der Waals surface area contributed by atoms with Crippen molar-refractivity contribution in [1.82, 2.24) is 4.90 Å². The Morgan fingerprint density at radius 1 is 1.45 bits per heavy atom. The minimum Gasteiger partial charge on any atom is -0.493 e. The van der Waals surface area contributed by atoms with Crippen LogP contribution in [-0.4, -0.2) is 44.8 Å². The van der Waals surface area contributed by atoms with E-state index in [1.807, 2.05) is 12.1 Å². The van der Waals surface area contributed by atoms with Crippen LogP contribution in [0.15, 0.2) is 18.2 Å². The van der Waals surface area contributed by atoms with Gasteiger partial charge in [-0.25, -0.2) is 0 Å². The molecule has 1 aromatic rings. The van der Waals surface area contributed by atoms with Crippen LogP contribution in [0.2, 0.25) is 0 Å². The molecule has 1 saturated heterocycles. The van der Waals surface area contributed by atoms with Crippen molar-refractivity contribution in [1.29, 1.82) is 0 Å². The first kappa shape index (κ1) is 15.1. The number of benzene rings is 1. The minimum absolute atomic E-state index is 0.258. The molecule has 2 N–H and O–H groups in total. The van der Waals surface area contributed by atoms with Gasteiger partial charge in [-0.2, -0.15) is 0 Å². The van der Waals surface area contributed by atoms with Gasteiger partial charge < -0.3 is 20.1 Å². The van der Waals surface area contributed by atoms with E-state index < -0.39 is 0 Å². The van der Waals surface area contributed by atoms with E-state index in [0.717, 1.165) is 37.4 Å². The predicted octanol–water partition coefficient (Wildman–Crippen LogP) is 2.23. The molecule has 0 aromatic heterocycles. The Bertz CT molecular complexity index is 436. The topological polar surface area (TPSA) is 47.7 Å². The second-order valence-corrected chi connectivity index (χ2v) is 5.65. The summed E-state index contributed by atoms with van der Waals surface area (Å²) < 4.78 is 11.7. The number of para-hydroxylation sites is 1. The molecule has 2 unspecified atom stereocenters. The van der Waals surface area contributed by atoms with Crippen molar-refractivity contribution in [2.24, 2.45) is 5.73 Å². The van der Waals surface area contributed by atoms with Crippen LogP contribution in [0.3, 0.4) is 0 Å². The SMILES string of the molecule is COc1c(OC2CCN(C)C2)cccc1C(C)CCN. The molecular formula is C16H26N2O2. The third-order valence-corrected chi connectivity index (χ3v) is 3.99. The Hall–Kier alpha value is -1.26. The van der Waals surface area contributed by atoms with Crippen molar-refractivity contribution >= 4 is 0 Å². The molecule has 2 atom stereocenters. The van der Waals surface area contributed by atoms with Crippen molar-refractivity contribution in [3.63, 3.8) is 0 Å². The van der Waals surface area contributed by atoms with Crippen molar-refractivity contribution < 1.29 is 9.47 Å². The lowest BCUT2D eigenvalue weighted by atomic mass is 9.96. The van der Waals surface area contributed by atoms with E-state index in [-0.39, 0.29) is 6.10 Å². The fourth-order valence-electron chi connectivity index (χ4n) is 2.81. The van der Waals surface area contributed by atoms with E-state index >= 15 is 0 Å². The highest BCUT2D eigenvalue weighted by atomic mass is 16.5. The fourth-order valence-corrected chi connectivity index (χ4v) is 2.81. The summed E-state index contributed by atoms with van der Waals surface area (Å²) in [6, 6.07) is 6.14. The van der Waals surface area contributed by atoms with E-state index in [0.29, 0.717) is 12.5 Å². The molecule has 112 valence electrons. The van der Waals surface area contributed by atoms with Crippen molar-refractivity contribution in [3.05, 3.63) is 23.8 Å². The van der Waals surface area contributed by atoms with Gasteiger partial charge in [0.25, 0.3) is 0 Å². The summed E-state index contributed by atoms with van der Waals surface area (Å²) in [5.41, 5.74) is 6.85. The summed E-state index contributed by atoms with van der Waals surface area (Å²) in [5, 5.41) is 0. The summed E-state index contributed by atoms with van der Waals surface area (Å²) in [5.74, 6) is 2.10. The maximum atomic E-state index is 6.14. The van der Waals surface area contributed by atoms with Crippen LogP contribution >= 0.6 is 0 Å². The largest absolute Gasteiger partial charge is 0.493 e. The van der Waals surface area contributed by atoms with Crippen LogP contribution in [-0.2, 0) is 0 Å². The maximum Gasteiger partial charge on any atom is 0.164 e. The average molecular weight is 278 g/mol. The smallest absolute Gasteiger partial charge is 0.164 e. The third-order valence-electron chi connectivity index (χ3n) is 3.99. The number of hydrogen-bond donors (Lipinski definition) is 1. The highest BCUT2D eigenvalue weighted by Gasteiger charge is 2.23. The molecule has 4 nitrogen and oxygen atoms in total. The number of methoxy groups -OCH3 is 1. The molecular weight excluding hydrogens is 252 g/mol. The van der Waals surface area contributed by atoms with Gasteiger partial charge in [-0.1, -0.05) is 19.1 Å². The monoisotopic (exact) mass is 278 g/mol. The molecule has 4 heteroatoms. The molecule has 1 aliphatic rings. The van der Waals surface area contributed by atoms with E-state index in [4.69, 9.17) is 15.2 Å². The normalized spacial score (nSPS) is 20.9. The molecule has 1 heterocycles. The summed E-state index contributed by atoms with van der Waals surface area (Å²) >= 11 is 0. The van der Waals surface area contributed by atoms with Crippen LogP contribution in [0.1, 0.15) is 31.2 Å². The van der Waals surface area contributed by atoms with Crippen LogP contribution < -0.4 is 15.2 Å². The number of nitrogens with zero attached hydrogens (tertiary/aromatic N) is 1. The maximum absolute atomic E-state index is 6.14. The molecule has 2 rings (SSSR count). The Morgan fingerprint density at radius 3 is 2.85 bits per heavy atom. The standard InChI is InChI=1S/C16H26N2O2/c1-12(7-9-17)14-5-4-6-15(16(14)19-3)20-13-8-10-18(2)11-13/h4-6,12-13H,7-11,17H2,1-3H3. The lowest BCUT2D eigenvalue weighted by molar-refractivity contribution is 0.199. The molecule has 0 radical (unpaired) electrons. The fraction of sp³-hybridized carbons (Fsp3) is 0.625. The average Bonchev–Trinajstić information content (AvgIpc) is 2.84. The number of ether oxygens (including phenoxy) is 2. The van der Waals surface area contributed by atoms with E-state index in [1.54, 1.807) is 7.11 Å². The van der Waals surface area contributed by atoms with Gasteiger partial charge in [0, 0.05) is 18.7 Å². The minimum atomic E-state index is 0.258. The second-order valence-electron chi connectivity index (χ2n) is 5.65. The summed E-state index contributed by atoms with van der Waals surface area (Å²) in [7, 11) is 3.84. The molecule has 0 spiro atoms. The van der Waals surface area contributed by atoms with E-state index in [9.17, 15) is 0 Å². The number of hydrogen-bond acceptors (Lipinski definition) is 4. The Labute approximate surface area is 121 Å². The van der Waals surface area contributed by atoms with Gasteiger partial charge in [0.05, 0.1) is 7.11 Å². The molecule has 0 saturated carbocycles. The molecule has 0 aliphatic carbocycles. The number of likely N-dealkylation sites (N-methyl/N-ethyl adjacent to an activating group) is 1. The van der Waals surface area contributed by atoms with Gasteiger partial charge in [0.15, 0.2) is 11.5 Å². The Morgan fingerprint density at radius 2 is 2.25 bits per heavy atom. The second kappa shape index (κ2) is 6.95. The van der Waals surface area contributed by atoms with Crippen molar-refractivity contribution in [2.45, 2.75) is 31.8 Å². The van der Waals surface area contributed by atoms with Gasteiger partial charge in [-0.3, -0.25) is 0 Å². The molecule has 1 fully saturated rings. The first-order valence-electron chi connectivity index (χ1n) is 7.37. The quantitative estimate of drug-likeness (QED) is 0.867. The van der Waals surface area contributed by atoms with Gasteiger partial charge in [0.1, 0.15) is 6.10 Å². The van der Waals surface area contributed by atoms with Crippen LogP contribution in [0.4, 0.5) is 0 Å². The van der Waals surface area contributed by atoms with E-state index in [1.165, 1.54) is 5.56 Å². The molecule has 0 bridgehead atoms. The van der Waals surface area contributed by atoms with Gasteiger partial charge in [-0.05, 0) is 38.4 Å². The highest BCUT2D eigenvalue weighted by Crippen LogP contribution is 2.37. The number of nitrogens with two attached hydrogens (primary N) is 1. The van der Waals surface area contributed by atoms with Crippen LogP contribution in [0.25, 0.3) is 0 Å². The van der Waals surface area contributed by atoms with Crippen LogP contribution in [0.5, 0.6) is 11.5 Å². The third kappa shape index (κ3) is 3.44. The first-order chi connectivity index (χ1) is 9.65. The Kier molecular flexibility index (Phi) is 5.26. The highest BCUT2D eigenvalue weighted by molar-refractivity contribution is 5.48. The van der Waals surface area contributed by atoms with Crippen LogP contribution in [0, 0.1) is 0 Å². The zero-order valence-corrected chi connectivity index (χ0v) is 12.8.